The zero-order valence-electron chi connectivity index (χ0n) is 11.2. The van der Waals surface area contributed by atoms with Gasteiger partial charge in [-0.05, 0) is 12.1 Å². The monoisotopic (exact) mass is 302 g/mol. The number of hydrogen-bond acceptors (Lipinski definition) is 6. The van der Waals surface area contributed by atoms with Crippen LogP contribution in [0.15, 0.2) is 24.3 Å². The van der Waals surface area contributed by atoms with Crippen LogP contribution in [0.4, 0.5) is 0 Å². The van der Waals surface area contributed by atoms with E-state index in [1.165, 1.54) is 12.1 Å². The average Bonchev–Trinajstić information content (AvgIpc) is 2.72. The highest BCUT2D eigenvalue weighted by Gasteiger charge is 2.41. The number of fused-ring (bicyclic) bond motifs is 1. The standard InChI is InChI=1S/C14H10N2O6/c17-10-5-7(6-11(18)15-10)14(21)22-16-12(19)8-3-1-2-4-9(8)13(16)20/h1-4,7H,5-6H2,(H,15,17,18). The molecule has 0 radical (unpaired) electrons. The Hall–Kier alpha value is -3.03. The SMILES string of the molecule is O=C1CC(C(=O)ON2C(=O)c3ccccc3C2=O)CC(=O)N1. The number of nitrogens with one attached hydrogen (secondary N) is 1. The molecule has 0 unspecified atom stereocenters. The van der Waals surface area contributed by atoms with E-state index >= 15 is 0 Å². The largest absolute Gasteiger partial charge is 0.337 e. The van der Waals surface area contributed by atoms with E-state index in [-0.39, 0.29) is 24.0 Å². The molecular weight excluding hydrogens is 292 g/mol. The summed E-state index contributed by atoms with van der Waals surface area (Å²) in [5.74, 6) is -4.66. The Labute approximate surface area is 124 Å². The van der Waals surface area contributed by atoms with E-state index < -0.39 is 35.5 Å². The van der Waals surface area contributed by atoms with Gasteiger partial charge in [-0.15, -0.1) is 0 Å². The van der Waals surface area contributed by atoms with Crippen LogP contribution in [0.3, 0.4) is 0 Å². The second kappa shape index (κ2) is 5.06. The normalized spacial score (nSPS) is 18.3. The summed E-state index contributed by atoms with van der Waals surface area (Å²) in [5.41, 5.74) is 0.274. The Kier molecular flexibility index (Phi) is 3.21. The number of carbonyl (C=O) groups excluding carboxylic acids is 5. The molecule has 0 bridgehead atoms. The molecule has 8 nitrogen and oxygen atoms in total. The third-order valence-corrected chi connectivity index (χ3v) is 3.41. The number of nitrogens with zero attached hydrogens (tertiary/aromatic N) is 1. The highest BCUT2D eigenvalue weighted by molar-refractivity contribution is 6.21. The fourth-order valence-corrected chi connectivity index (χ4v) is 2.36. The predicted molar refractivity (Wildman–Crippen MR) is 68.9 cm³/mol. The van der Waals surface area contributed by atoms with Gasteiger partial charge in [0.05, 0.1) is 17.0 Å². The Morgan fingerprint density at radius 1 is 1.00 bits per heavy atom. The number of hydrogen-bond donors (Lipinski definition) is 1. The van der Waals surface area contributed by atoms with Crippen LogP contribution in [-0.2, 0) is 19.2 Å². The van der Waals surface area contributed by atoms with Crippen LogP contribution in [-0.4, -0.2) is 34.7 Å². The maximum atomic E-state index is 12.0. The molecule has 22 heavy (non-hydrogen) atoms. The fraction of sp³-hybridized carbons (Fsp3) is 0.214. The first-order valence-corrected chi connectivity index (χ1v) is 6.49. The maximum Gasteiger partial charge on any atom is 0.337 e. The van der Waals surface area contributed by atoms with Crippen LogP contribution in [0, 0.1) is 5.92 Å². The molecule has 1 aromatic carbocycles. The van der Waals surface area contributed by atoms with E-state index in [0.717, 1.165) is 0 Å². The second-order valence-electron chi connectivity index (χ2n) is 4.94. The summed E-state index contributed by atoms with van der Waals surface area (Å²) >= 11 is 0. The van der Waals surface area contributed by atoms with Gasteiger partial charge in [-0.25, -0.2) is 4.79 Å². The van der Waals surface area contributed by atoms with Gasteiger partial charge in [0.15, 0.2) is 0 Å². The molecule has 1 N–H and O–H groups in total. The number of carbonyl (C=O) groups is 5. The molecule has 1 fully saturated rings. The quantitative estimate of drug-likeness (QED) is 0.757. The minimum atomic E-state index is -1.01. The van der Waals surface area contributed by atoms with Gasteiger partial charge in [-0.2, -0.15) is 0 Å². The maximum absolute atomic E-state index is 12.0. The van der Waals surface area contributed by atoms with Gasteiger partial charge in [-0.1, -0.05) is 17.2 Å². The number of hydroxylamine groups is 2. The molecule has 1 aromatic rings. The van der Waals surface area contributed by atoms with Crippen molar-refractivity contribution in [1.29, 1.82) is 0 Å². The van der Waals surface area contributed by atoms with E-state index in [1.54, 1.807) is 12.1 Å². The zero-order chi connectivity index (χ0) is 15.9. The van der Waals surface area contributed by atoms with Gasteiger partial charge >= 0.3 is 5.97 Å². The Morgan fingerprint density at radius 2 is 1.50 bits per heavy atom. The van der Waals surface area contributed by atoms with Gasteiger partial charge in [0, 0.05) is 12.8 Å². The molecule has 0 saturated carbocycles. The van der Waals surface area contributed by atoms with Crippen molar-refractivity contribution in [2.45, 2.75) is 12.8 Å². The number of benzene rings is 1. The number of imide groups is 2. The van der Waals surface area contributed by atoms with Crippen molar-refractivity contribution in [1.82, 2.24) is 10.4 Å². The summed E-state index contributed by atoms with van der Waals surface area (Å²) < 4.78 is 0. The first kappa shape index (κ1) is 13.9. The van der Waals surface area contributed by atoms with E-state index in [9.17, 15) is 24.0 Å². The number of amides is 4. The van der Waals surface area contributed by atoms with Crippen molar-refractivity contribution in [3.8, 4) is 0 Å². The number of piperidine rings is 1. The van der Waals surface area contributed by atoms with Crippen LogP contribution >= 0.6 is 0 Å². The van der Waals surface area contributed by atoms with Crippen molar-refractivity contribution >= 4 is 29.6 Å². The summed E-state index contributed by atoms with van der Waals surface area (Å²) in [4.78, 5) is 63.4. The predicted octanol–water partition coefficient (Wildman–Crippen LogP) is -0.206. The third-order valence-electron chi connectivity index (χ3n) is 3.41. The van der Waals surface area contributed by atoms with E-state index in [1.807, 2.05) is 0 Å². The van der Waals surface area contributed by atoms with Crippen molar-refractivity contribution in [2.75, 3.05) is 0 Å². The minimum Gasteiger partial charge on any atom is -0.329 e. The molecule has 0 aliphatic carbocycles. The molecule has 2 aliphatic heterocycles. The van der Waals surface area contributed by atoms with Crippen molar-refractivity contribution in [2.24, 2.45) is 5.92 Å². The Bertz CT molecular complexity index is 675. The summed E-state index contributed by atoms with van der Waals surface area (Å²) in [6.45, 7) is 0. The second-order valence-corrected chi connectivity index (χ2v) is 4.94. The van der Waals surface area contributed by atoms with Gasteiger partial charge in [0.2, 0.25) is 11.8 Å². The van der Waals surface area contributed by atoms with Crippen molar-refractivity contribution in [3.05, 3.63) is 35.4 Å². The molecule has 2 heterocycles. The van der Waals surface area contributed by atoms with Crippen molar-refractivity contribution < 1.29 is 28.8 Å². The highest BCUT2D eigenvalue weighted by Crippen LogP contribution is 2.24. The topological polar surface area (TPSA) is 110 Å². The van der Waals surface area contributed by atoms with E-state index in [4.69, 9.17) is 4.84 Å². The summed E-state index contributed by atoms with van der Waals surface area (Å²) in [7, 11) is 0. The molecule has 0 aromatic heterocycles. The zero-order valence-corrected chi connectivity index (χ0v) is 11.2. The van der Waals surface area contributed by atoms with Crippen LogP contribution in [0.5, 0.6) is 0 Å². The summed E-state index contributed by atoms with van der Waals surface area (Å²) in [6.07, 6.45) is -0.457. The molecular formula is C14H10N2O6. The molecule has 1 saturated heterocycles. The van der Waals surface area contributed by atoms with Gasteiger partial charge in [-0.3, -0.25) is 24.5 Å². The lowest BCUT2D eigenvalue weighted by molar-refractivity contribution is -0.176. The van der Waals surface area contributed by atoms with Gasteiger partial charge in [0.25, 0.3) is 11.8 Å². The first-order valence-electron chi connectivity index (χ1n) is 6.49. The third kappa shape index (κ3) is 2.24. The number of rotatable bonds is 2. The Morgan fingerprint density at radius 3 is 2.00 bits per heavy atom. The van der Waals surface area contributed by atoms with E-state index in [0.29, 0.717) is 5.06 Å². The van der Waals surface area contributed by atoms with Crippen molar-refractivity contribution in [3.63, 3.8) is 0 Å². The summed E-state index contributed by atoms with van der Waals surface area (Å²) in [5, 5.41) is 2.42. The minimum absolute atomic E-state index is 0.137. The molecule has 112 valence electrons. The van der Waals surface area contributed by atoms with Crippen LogP contribution in [0.25, 0.3) is 0 Å². The molecule has 3 rings (SSSR count). The fourth-order valence-electron chi connectivity index (χ4n) is 2.36. The highest BCUT2D eigenvalue weighted by atomic mass is 16.7. The lowest BCUT2D eigenvalue weighted by atomic mass is 9.97. The lowest BCUT2D eigenvalue weighted by Gasteiger charge is -2.21. The van der Waals surface area contributed by atoms with Crippen LogP contribution in [0.2, 0.25) is 0 Å². The summed E-state index contributed by atoms with van der Waals surface area (Å²) in [6, 6.07) is 6.06. The molecule has 0 spiro atoms. The van der Waals surface area contributed by atoms with Gasteiger partial charge < -0.3 is 4.84 Å². The molecule has 4 amide bonds. The van der Waals surface area contributed by atoms with E-state index in [2.05, 4.69) is 5.32 Å². The van der Waals surface area contributed by atoms with Crippen LogP contribution < -0.4 is 5.32 Å². The van der Waals surface area contributed by atoms with Gasteiger partial charge in [0.1, 0.15) is 0 Å². The lowest BCUT2D eigenvalue weighted by Crippen LogP contribution is -2.43. The molecule has 2 aliphatic rings. The molecule has 8 heteroatoms. The first-order chi connectivity index (χ1) is 10.5. The smallest absolute Gasteiger partial charge is 0.329 e. The average molecular weight is 302 g/mol. The van der Waals surface area contributed by atoms with Crippen LogP contribution in [0.1, 0.15) is 33.6 Å². The Balaban J connectivity index is 1.76. The molecule has 0 atom stereocenters.